The molecular weight excluding hydrogens is 244 g/mol. The maximum atomic E-state index is 11.3. The van der Waals surface area contributed by atoms with Crippen LogP contribution in [0.2, 0.25) is 0 Å². The van der Waals surface area contributed by atoms with Crippen LogP contribution in [0.4, 0.5) is 5.82 Å². The van der Waals surface area contributed by atoms with Crippen molar-refractivity contribution in [3.05, 3.63) is 17.1 Å². The van der Waals surface area contributed by atoms with Gasteiger partial charge < -0.3 is 16.2 Å². The first-order chi connectivity index (χ1) is 9.00. The third-order valence-corrected chi connectivity index (χ3v) is 3.60. The summed E-state index contributed by atoms with van der Waals surface area (Å²) in [5.74, 6) is 0.117. The lowest BCUT2D eigenvalue weighted by atomic mass is 10.00. The highest BCUT2D eigenvalue weighted by atomic mass is 16.5. The molecule has 0 saturated heterocycles. The van der Waals surface area contributed by atoms with Gasteiger partial charge in [0.15, 0.2) is 5.82 Å². The number of amides is 1. The van der Waals surface area contributed by atoms with Crippen molar-refractivity contribution in [1.29, 1.82) is 0 Å². The van der Waals surface area contributed by atoms with Crippen molar-refractivity contribution in [2.24, 2.45) is 5.73 Å². The molecule has 6 heteroatoms. The van der Waals surface area contributed by atoms with E-state index in [0.717, 1.165) is 25.7 Å². The zero-order chi connectivity index (χ0) is 14.0. The van der Waals surface area contributed by atoms with Gasteiger partial charge in [-0.15, -0.1) is 0 Å². The summed E-state index contributed by atoms with van der Waals surface area (Å²) in [5.41, 5.74) is 11.4. The molecule has 1 aliphatic rings. The Morgan fingerprint density at radius 3 is 2.47 bits per heavy atom. The highest BCUT2D eigenvalue weighted by Gasteiger charge is 2.40. The van der Waals surface area contributed by atoms with Crippen molar-refractivity contribution in [1.82, 2.24) is 9.97 Å². The lowest BCUT2D eigenvalue weighted by Crippen LogP contribution is -2.31. The van der Waals surface area contributed by atoms with Crippen LogP contribution >= 0.6 is 0 Å². The number of aromatic nitrogens is 2. The maximum absolute atomic E-state index is 11.3. The van der Waals surface area contributed by atoms with Crippen LogP contribution in [-0.4, -0.2) is 22.5 Å². The molecule has 0 atom stereocenters. The van der Waals surface area contributed by atoms with E-state index >= 15 is 0 Å². The maximum Gasteiger partial charge on any atom is 0.254 e. The number of rotatable bonds is 4. The van der Waals surface area contributed by atoms with Crippen LogP contribution in [0.3, 0.4) is 0 Å². The van der Waals surface area contributed by atoms with Crippen LogP contribution in [-0.2, 0) is 10.3 Å². The number of aryl methyl sites for hydroxylation is 1. The Hall–Kier alpha value is -1.69. The van der Waals surface area contributed by atoms with Crippen LogP contribution in [0.1, 0.15) is 54.5 Å². The van der Waals surface area contributed by atoms with E-state index in [-0.39, 0.29) is 11.4 Å². The molecule has 1 saturated carbocycles. The highest BCUT2D eigenvalue weighted by Crippen LogP contribution is 2.41. The molecule has 0 aromatic carbocycles. The van der Waals surface area contributed by atoms with Gasteiger partial charge in [-0.25, -0.2) is 9.97 Å². The lowest BCUT2D eigenvalue weighted by molar-refractivity contribution is -0.0457. The van der Waals surface area contributed by atoms with Gasteiger partial charge in [-0.1, -0.05) is 0 Å². The zero-order valence-corrected chi connectivity index (χ0v) is 11.4. The molecule has 1 heterocycles. The first-order valence-electron chi connectivity index (χ1n) is 6.58. The Kier molecular flexibility index (Phi) is 3.71. The molecular formula is C13H20N4O2. The second-order valence-corrected chi connectivity index (χ2v) is 4.89. The summed E-state index contributed by atoms with van der Waals surface area (Å²) >= 11 is 0. The molecule has 1 aromatic rings. The Morgan fingerprint density at radius 1 is 1.37 bits per heavy atom. The number of hydrogen-bond acceptors (Lipinski definition) is 5. The summed E-state index contributed by atoms with van der Waals surface area (Å²) in [6, 6.07) is 0. The van der Waals surface area contributed by atoms with E-state index in [1.54, 1.807) is 6.92 Å². The highest BCUT2D eigenvalue weighted by molar-refractivity contribution is 5.98. The van der Waals surface area contributed by atoms with Crippen molar-refractivity contribution in [2.75, 3.05) is 12.3 Å². The van der Waals surface area contributed by atoms with Crippen LogP contribution in [0.5, 0.6) is 0 Å². The third kappa shape index (κ3) is 2.40. The summed E-state index contributed by atoms with van der Waals surface area (Å²) < 4.78 is 5.89. The van der Waals surface area contributed by atoms with E-state index in [1.807, 2.05) is 6.92 Å². The first-order valence-corrected chi connectivity index (χ1v) is 6.58. The van der Waals surface area contributed by atoms with E-state index < -0.39 is 11.5 Å². The monoisotopic (exact) mass is 264 g/mol. The van der Waals surface area contributed by atoms with E-state index in [9.17, 15) is 4.79 Å². The molecule has 6 nitrogen and oxygen atoms in total. The molecule has 1 fully saturated rings. The summed E-state index contributed by atoms with van der Waals surface area (Å²) in [4.78, 5) is 20.0. The Bertz CT molecular complexity index is 472. The SMILES string of the molecule is CCOC1(c2nc(C)c(C(N)=O)c(N)n2)CCCC1. The van der Waals surface area contributed by atoms with Gasteiger partial charge in [0.05, 0.1) is 5.69 Å². The van der Waals surface area contributed by atoms with Gasteiger partial charge in [0, 0.05) is 6.61 Å². The zero-order valence-electron chi connectivity index (χ0n) is 11.4. The van der Waals surface area contributed by atoms with Gasteiger partial charge in [-0.05, 0) is 39.5 Å². The average molecular weight is 264 g/mol. The Balaban J connectivity index is 2.48. The van der Waals surface area contributed by atoms with Crippen molar-refractivity contribution in [3.8, 4) is 0 Å². The minimum absolute atomic E-state index is 0.140. The van der Waals surface area contributed by atoms with E-state index in [4.69, 9.17) is 16.2 Å². The van der Waals surface area contributed by atoms with Crippen molar-refractivity contribution in [2.45, 2.75) is 45.1 Å². The van der Waals surface area contributed by atoms with Crippen LogP contribution in [0.25, 0.3) is 0 Å². The van der Waals surface area contributed by atoms with E-state index in [1.165, 1.54) is 0 Å². The smallest absolute Gasteiger partial charge is 0.254 e. The number of nitrogens with zero attached hydrogens (tertiary/aromatic N) is 2. The minimum atomic E-state index is -0.599. The normalized spacial score (nSPS) is 17.6. The second-order valence-electron chi connectivity index (χ2n) is 4.89. The molecule has 4 N–H and O–H groups in total. The Labute approximate surface area is 112 Å². The molecule has 1 amide bonds. The van der Waals surface area contributed by atoms with E-state index in [0.29, 0.717) is 18.1 Å². The fourth-order valence-electron chi connectivity index (χ4n) is 2.76. The van der Waals surface area contributed by atoms with Gasteiger partial charge in [-0.2, -0.15) is 0 Å². The van der Waals surface area contributed by atoms with Gasteiger partial charge in [-0.3, -0.25) is 4.79 Å². The number of primary amides is 1. The predicted octanol–water partition coefficient (Wildman–Crippen LogP) is 1.27. The Morgan fingerprint density at radius 2 is 2.00 bits per heavy atom. The second kappa shape index (κ2) is 5.13. The number of carbonyl (C=O) groups is 1. The third-order valence-electron chi connectivity index (χ3n) is 3.60. The molecule has 1 aromatic heterocycles. The molecule has 19 heavy (non-hydrogen) atoms. The quantitative estimate of drug-likeness (QED) is 0.852. The molecule has 0 unspecified atom stereocenters. The minimum Gasteiger partial charge on any atom is -0.383 e. The van der Waals surface area contributed by atoms with Crippen LogP contribution in [0, 0.1) is 6.92 Å². The molecule has 0 radical (unpaired) electrons. The number of nitrogen functional groups attached to an aromatic ring is 1. The van der Waals surface area contributed by atoms with Crippen molar-refractivity contribution >= 4 is 11.7 Å². The summed E-state index contributed by atoms with van der Waals surface area (Å²) in [7, 11) is 0. The number of nitrogens with two attached hydrogens (primary N) is 2. The van der Waals surface area contributed by atoms with Crippen LogP contribution in [0.15, 0.2) is 0 Å². The first kappa shape index (κ1) is 13.7. The summed E-state index contributed by atoms with van der Waals surface area (Å²) in [6.45, 7) is 4.27. The lowest BCUT2D eigenvalue weighted by Gasteiger charge is -2.28. The summed E-state index contributed by atoms with van der Waals surface area (Å²) in [5, 5.41) is 0. The van der Waals surface area contributed by atoms with Crippen LogP contribution < -0.4 is 11.5 Å². The summed E-state index contributed by atoms with van der Waals surface area (Å²) in [6.07, 6.45) is 3.94. The number of ether oxygens (including phenoxy) is 1. The predicted molar refractivity (Wildman–Crippen MR) is 71.5 cm³/mol. The fourth-order valence-corrected chi connectivity index (χ4v) is 2.76. The molecule has 0 spiro atoms. The van der Waals surface area contributed by atoms with Gasteiger partial charge in [0.25, 0.3) is 5.91 Å². The van der Waals surface area contributed by atoms with Crippen molar-refractivity contribution < 1.29 is 9.53 Å². The van der Waals surface area contributed by atoms with Gasteiger partial charge >= 0.3 is 0 Å². The van der Waals surface area contributed by atoms with E-state index in [2.05, 4.69) is 9.97 Å². The molecule has 2 rings (SSSR count). The van der Waals surface area contributed by atoms with Gasteiger partial charge in [0.1, 0.15) is 17.0 Å². The molecule has 0 bridgehead atoms. The van der Waals surface area contributed by atoms with Crippen molar-refractivity contribution in [3.63, 3.8) is 0 Å². The number of carbonyl (C=O) groups excluding carboxylic acids is 1. The topological polar surface area (TPSA) is 104 Å². The standard InChI is InChI=1S/C13H20N4O2/c1-3-19-13(6-4-5-7-13)12-16-8(2)9(11(15)18)10(14)17-12/h3-7H2,1-2H3,(H2,15,18)(H2,14,16,17). The molecule has 104 valence electrons. The number of anilines is 1. The molecule has 1 aliphatic carbocycles. The van der Waals surface area contributed by atoms with Gasteiger partial charge in [0.2, 0.25) is 0 Å². The fraction of sp³-hybridized carbons (Fsp3) is 0.615. The average Bonchev–Trinajstić information content (AvgIpc) is 2.77. The largest absolute Gasteiger partial charge is 0.383 e. The number of hydrogen-bond donors (Lipinski definition) is 2. The molecule has 0 aliphatic heterocycles.